The number of rotatable bonds is 3. The van der Waals surface area contributed by atoms with Gasteiger partial charge in [0.25, 0.3) is 0 Å². The van der Waals surface area contributed by atoms with Crippen molar-refractivity contribution < 1.29 is 23.0 Å². The Morgan fingerprint density at radius 1 is 1.20 bits per heavy atom. The van der Waals surface area contributed by atoms with E-state index in [4.69, 9.17) is 0 Å². The average Bonchev–Trinajstić information content (AvgIpc) is 2.34. The quantitative estimate of drug-likeness (QED) is 0.928. The number of halogens is 3. The predicted octanol–water partition coefficient (Wildman–Crippen LogP) is 2.58. The number of aliphatic hydroxyl groups is 1. The van der Waals surface area contributed by atoms with E-state index in [9.17, 15) is 18.3 Å². The second-order valence-electron chi connectivity index (χ2n) is 5.40. The fourth-order valence-corrected chi connectivity index (χ4v) is 2.40. The lowest BCUT2D eigenvalue weighted by Crippen LogP contribution is -2.44. The Morgan fingerprint density at radius 2 is 1.75 bits per heavy atom. The third-order valence-electron chi connectivity index (χ3n) is 3.61. The molecule has 1 aliphatic rings. The summed E-state index contributed by atoms with van der Waals surface area (Å²) in [5, 5.41) is 10.5. The lowest BCUT2D eigenvalue weighted by molar-refractivity contribution is -0.274. The summed E-state index contributed by atoms with van der Waals surface area (Å²) in [7, 11) is 2.00. The molecule has 0 saturated carbocycles. The number of piperidine rings is 1. The van der Waals surface area contributed by atoms with Crippen molar-refractivity contribution in [2.75, 3.05) is 20.1 Å². The van der Waals surface area contributed by atoms with Crippen molar-refractivity contribution in [3.63, 3.8) is 0 Å². The van der Waals surface area contributed by atoms with Gasteiger partial charge >= 0.3 is 6.36 Å². The molecule has 0 radical (unpaired) electrons. The first kappa shape index (κ1) is 15.1. The zero-order valence-electron chi connectivity index (χ0n) is 11.3. The molecule has 0 bridgehead atoms. The minimum absolute atomic E-state index is 0.239. The smallest absolute Gasteiger partial charge is 0.406 e. The van der Waals surface area contributed by atoms with E-state index in [1.165, 1.54) is 12.1 Å². The molecule has 1 aromatic carbocycles. The number of ether oxygens (including phenoxy) is 1. The molecule has 3 nitrogen and oxygen atoms in total. The lowest BCUT2D eigenvalue weighted by Gasteiger charge is -2.36. The SMILES string of the molecule is CN1CCC(O)(Cc2ccc(OC(F)(F)F)cc2)CC1. The predicted molar refractivity (Wildman–Crippen MR) is 68.5 cm³/mol. The van der Waals surface area contributed by atoms with Crippen LogP contribution < -0.4 is 4.74 Å². The molecule has 1 N–H and O–H groups in total. The minimum atomic E-state index is -4.67. The molecule has 1 fully saturated rings. The van der Waals surface area contributed by atoms with E-state index in [0.29, 0.717) is 19.3 Å². The van der Waals surface area contributed by atoms with Gasteiger partial charge in [0, 0.05) is 19.5 Å². The third-order valence-corrected chi connectivity index (χ3v) is 3.61. The molecule has 0 amide bonds. The topological polar surface area (TPSA) is 32.7 Å². The van der Waals surface area contributed by atoms with Crippen molar-refractivity contribution in [2.24, 2.45) is 0 Å². The Bertz CT molecular complexity index is 437. The number of hydrogen-bond donors (Lipinski definition) is 1. The van der Waals surface area contributed by atoms with Gasteiger partial charge < -0.3 is 14.7 Å². The van der Waals surface area contributed by atoms with E-state index < -0.39 is 12.0 Å². The summed E-state index contributed by atoms with van der Waals surface area (Å²) in [6.07, 6.45) is -2.88. The van der Waals surface area contributed by atoms with Crippen molar-refractivity contribution in [3.05, 3.63) is 29.8 Å². The number of benzene rings is 1. The van der Waals surface area contributed by atoms with Crippen molar-refractivity contribution in [1.29, 1.82) is 0 Å². The zero-order chi connectivity index (χ0) is 14.8. The van der Waals surface area contributed by atoms with Crippen LogP contribution in [-0.2, 0) is 6.42 Å². The molecule has 0 atom stereocenters. The molecule has 6 heteroatoms. The van der Waals surface area contributed by atoms with Gasteiger partial charge in [-0.15, -0.1) is 13.2 Å². The molecule has 1 saturated heterocycles. The van der Waals surface area contributed by atoms with E-state index in [2.05, 4.69) is 9.64 Å². The Morgan fingerprint density at radius 3 is 2.25 bits per heavy atom. The molecular weight excluding hydrogens is 271 g/mol. The second kappa shape index (κ2) is 5.61. The summed E-state index contributed by atoms with van der Waals surface area (Å²) in [5.41, 5.74) is 0.0467. The Hall–Kier alpha value is -1.27. The van der Waals surface area contributed by atoms with Gasteiger partial charge in [-0.25, -0.2) is 0 Å². The molecule has 0 spiro atoms. The fourth-order valence-electron chi connectivity index (χ4n) is 2.40. The van der Waals surface area contributed by atoms with Crippen LogP contribution in [0.1, 0.15) is 18.4 Å². The molecule has 1 aromatic rings. The highest BCUT2D eigenvalue weighted by Gasteiger charge is 2.32. The maximum atomic E-state index is 12.0. The first-order chi connectivity index (χ1) is 9.26. The monoisotopic (exact) mass is 289 g/mol. The van der Waals surface area contributed by atoms with Crippen LogP contribution in [-0.4, -0.2) is 42.1 Å². The molecule has 20 heavy (non-hydrogen) atoms. The van der Waals surface area contributed by atoms with Gasteiger partial charge in [0.05, 0.1) is 5.60 Å². The minimum Gasteiger partial charge on any atom is -0.406 e. The first-order valence-electron chi connectivity index (χ1n) is 6.51. The summed E-state index contributed by atoms with van der Waals surface area (Å²) in [5.74, 6) is -0.239. The van der Waals surface area contributed by atoms with Crippen LogP contribution in [0.3, 0.4) is 0 Å². The van der Waals surface area contributed by atoms with E-state index in [1.54, 1.807) is 12.1 Å². The van der Waals surface area contributed by atoms with E-state index in [0.717, 1.165) is 18.7 Å². The van der Waals surface area contributed by atoms with E-state index in [-0.39, 0.29) is 5.75 Å². The molecule has 0 aliphatic carbocycles. The van der Waals surface area contributed by atoms with Gasteiger partial charge in [-0.1, -0.05) is 12.1 Å². The van der Waals surface area contributed by atoms with Crippen LogP contribution >= 0.6 is 0 Å². The van der Waals surface area contributed by atoms with E-state index in [1.807, 2.05) is 7.05 Å². The highest BCUT2D eigenvalue weighted by Crippen LogP contribution is 2.28. The van der Waals surface area contributed by atoms with Crippen LogP contribution in [0.15, 0.2) is 24.3 Å². The van der Waals surface area contributed by atoms with Gasteiger partial charge in [-0.05, 0) is 37.6 Å². The Kier molecular flexibility index (Phi) is 4.25. The molecule has 1 aliphatic heterocycles. The van der Waals surface area contributed by atoms with Crippen LogP contribution in [0, 0.1) is 0 Å². The van der Waals surface area contributed by atoms with Gasteiger partial charge in [-0.3, -0.25) is 0 Å². The van der Waals surface area contributed by atoms with Crippen molar-refractivity contribution in [1.82, 2.24) is 4.90 Å². The summed E-state index contributed by atoms with van der Waals surface area (Å²) < 4.78 is 40.0. The van der Waals surface area contributed by atoms with Gasteiger partial charge in [0.2, 0.25) is 0 Å². The zero-order valence-corrected chi connectivity index (χ0v) is 11.3. The molecule has 112 valence electrons. The largest absolute Gasteiger partial charge is 0.573 e. The summed E-state index contributed by atoms with van der Waals surface area (Å²) >= 11 is 0. The maximum Gasteiger partial charge on any atom is 0.573 e. The van der Waals surface area contributed by atoms with E-state index >= 15 is 0 Å². The third kappa shape index (κ3) is 4.38. The van der Waals surface area contributed by atoms with Crippen molar-refractivity contribution in [2.45, 2.75) is 31.2 Å². The lowest BCUT2D eigenvalue weighted by atomic mass is 9.85. The fraction of sp³-hybridized carbons (Fsp3) is 0.571. The second-order valence-corrected chi connectivity index (χ2v) is 5.40. The van der Waals surface area contributed by atoms with Crippen LogP contribution in [0.5, 0.6) is 5.75 Å². The van der Waals surface area contributed by atoms with Gasteiger partial charge in [0.15, 0.2) is 0 Å². The van der Waals surface area contributed by atoms with Gasteiger partial charge in [-0.2, -0.15) is 0 Å². The van der Waals surface area contributed by atoms with Gasteiger partial charge in [0.1, 0.15) is 5.75 Å². The standard InChI is InChI=1S/C14H18F3NO2/c1-18-8-6-13(19,7-9-18)10-11-2-4-12(5-3-11)20-14(15,16)17/h2-5,19H,6-10H2,1H3. The highest BCUT2D eigenvalue weighted by molar-refractivity contribution is 5.28. The number of alkyl halides is 3. The van der Waals surface area contributed by atoms with Crippen LogP contribution in [0.2, 0.25) is 0 Å². The summed E-state index contributed by atoms with van der Waals surface area (Å²) in [6.45, 7) is 1.65. The Labute approximate surface area is 116 Å². The Balaban J connectivity index is 1.97. The summed E-state index contributed by atoms with van der Waals surface area (Å²) in [4.78, 5) is 2.15. The maximum absolute atomic E-state index is 12.0. The molecule has 2 rings (SSSR count). The number of hydrogen-bond acceptors (Lipinski definition) is 3. The average molecular weight is 289 g/mol. The molecule has 0 unspecified atom stereocenters. The highest BCUT2D eigenvalue weighted by atomic mass is 19.4. The first-order valence-corrected chi connectivity index (χ1v) is 6.51. The van der Waals surface area contributed by atoms with Crippen molar-refractivity contribution >= 4 is 0 Å². The summed E-state index contributed by atoms with van der Waals surface area (Å²) in [6, 6.07) is 5.69. The normalized spacial score (nSPS) is 19.9. The number of nitrogens with zero attached hydrogens (tertiary/aromatic N) is 1. The molecule has 0 aromatic heterocycles. The number of likely N-dealkylation sites (tertiary alicyclic amines) is 1. The molecule has 1 heterocycles. The van der Waals surface area contributed by atoms with Crippen molar-refractivity contribution in [3.8, 4) is 5.75 Å². The van der Waals surface area contributed by atoms with Crippen LogP contribution in [0.4, 0.5) is 13.2 Å². The van der Waals surface area contributed by atoms with Crippen LogP contribution in [0.25, 0.3) is 0 Å². The molecular formula is C14H18F3NO2.